The Morgan fingerprint density at radius 1 is 1.11 bits per heavy atom. The molecule has 0 radical (unpaired) electrons. The van der Waals surface area contributed by atoms with Gasteiger partial charge in [-0.05, 0) is 54.3 Å². The zero-order valence-electron chi connectivity index (χ0n) is 19.5. The normalized spacial score (nSPS) is 16.9. The summed E-state index contributed by atoms with van der Waals surface area (Å²) in [6.45, 7) is 2.39. The van der Waals surface area contributed by atoms with Crippen molar-refractivity contribution in [2.45, 2.75) is 23.1 Å². The van der Waals surface area contributed by atoms with Crippen LogP contribution in [0.4, 0.5) is 5.13 Å². The SMILES string of the molecule is CCOc1ccc(/C(O)=C2/C(=O)C(=O)N(c3nnc(SCc4ccccc4Cl)s3)C2c2cccs2)cc1. The topological polar surface area (TPSA) is 92.6 Å². The van der Waals surface area contributed by atoms with Gasteiger partial charge in [-0.1, -0.05) is 59.0 Å². The van der Waals surface area contributed by atoms with Crippen molar-refractivity contribution in [2.75, 3.05) is 11.5 Å². The first-order valence-corrected chi connectivity index (χ1v) is 14.3. The highest BCUT2D eigenvalue weighted by atomic mass is 35.5. The number of hydrogen-bond donors (Lipinski definition) is 1. The maximum absolute atomic E-state index is 13.3. The summed E-state index contributed by atoms with van der Waals surface area (Å²) in [7, 11) is 0. The molecule has 5 rings (SSSR count). The standard InChI is InChI=1S/C26H20ClN3O4S3/c1-2-34-17-11-9-15(10-12-17)22(31)20-21(19-8-5-13-35-19)30(24(33)23(20)32)25-28-29-26(37-25)36-14-16-6-3-4-7-18(16)27/h3-13,21,31H,2,14H2,1H3/b22-20-. The minimum absolute atomic E-state index is 0.0112. The Kier molecular flexibility index (Phi) is 7.61. The summed E-state index contributed by atoms with van der Waals surface area (Å²) in [4.78, 5) is 28.6. The van der Waals surface area contributed by atoms with Crippen molar-refractivity contribution in [3.8, 4) is 5.75 Å². The first-order valence-electron chi connectivity index (χ1n) is 11.2. The second-order valence-corrected chi connectivity index (χ2v) is 11.4. The lowest BCUT2D eigenvalue weighted by Crippen LogP contribution is -2.29. The molecule has 1 amide bonds. The highest BCUT2D eigenvalue weighted by Gasteiger charge is 2.48. The van der Waals surface area contributed by atoms with E-state index < -0.39 is 17.7 Å². The van der Waals surface area contributed by atoms with Crippen molar-refractivity contribution in [1.29, 1.82) is 0 Å². The maximum Gasteiger partial charge on any atom is 0.301 e. The predicted octanol–water partition coefficient (Wildman–Crippen LogP) is 6.57. The van der Waals surface area contributed by atoms with Crippen LogP contribution in [0.15, 0.2) is 76.0 Å². The summed E-state index contributed by atoms with van der Waals surface area (Å²) in [5, 5.41) is 22.5. The molecule has 11 heteroatoms. The Hall–Kier alpha value is -3.18. The molecule has 0 spiro atoms. The van der Waals surface area contributed by atoms with E-state index in [4.69, 9.17) is 16.3 Å². The van der Waals surface area contributed by atoms with E-state index >= 15 is 0 Å². The number of aliphatic hydroxyl groups is 1. The second-order valence-electron chi connectivity index (χ2n) is 7.87. The van der Waals surface area contributed by atoms with Gasteiger partial charge in [-0.15, -0.1) is 21.5 Å². The van der Waals surface area contributed by atoms with Crippen LogP contribution in [0, 0.1) is 0 Å². The van der Waals surface area contributed by atoms with Crippen LogP contribution in [0.2, 0.25) is 5.02 Å². The number of aliphatic hydroxyl groups excluding tert-OH is 1. The number of thiophene rings is 1. The summed E-state index contributed by atoms with van der Waals surface area (Å²) >= 11 is 10.3. The predicted molar refractivity (Wildman–Crippen MR) is 148 cm³/mol. The largest absolute Gasteiger partial charge is 0.507 e. The van der Waals surface area contributed by atoms with E-state index in [0.29, 0.717) is 33.0 Å². The number of Topliss-reactive ketones (excluding diaryl/α,β-unsaturated/α-hetero) is 1. The maximum atomic E-state index is 13.3. The van der Waals surface area contributed by atoms with Crippen LogP contribution < -0.4 is 9.64 Å². The Balaban J connectivity index is 1.49. The number of rotatable bonds is 8. The molecule has 1 aliphatic heterocycles. The summed E-state index contributed by atoms with van der Waals surface area (Å²) in [6.07, 6.45) is 0. The Morgan fingerprint density at radius 2 is 1.89 bits per heavy atom. The summed E-state index contributed by atoms with van der Waals surface area (Å²) < 4.78 is 6.10. The molecule has 2 aromatic heterocycles. The van der Waals surface area contributed by atoms with Crippen LogP contribution >= 0.6 is 46.0 Å². The van der Waals surface area contributed by atoms with E-state index in [2.05, 4.69) is 10.2 Å². The molecule has 1 fully saturated rings. The number of thioether (sulfide) groups is 1. The quantitative estimate of drug-likeness (QED) is 0.0843. The molecule has 0 aliphatic carbocycles. The zero-order valence-corrected chi connectivity index (χ0v) is 22.7. The van der Waals surface area contributed by atoms with Crippen LogP contribution in [0.25, 0.3) is 5.76 Å². The third-order valence-corrected chi connectivity index (χ3v) is 9.00. The molecule has 2 aromatic carbocycles. The second kappa shape index (κ2) is 11.1. The number of ether oxygens (including phenoxy) is 1. The summed E-state index contributed by atoms with van der Waals surface area (Å²) in [5.74, 6) is -0.556. The Bertz CT molecular complexity index is 1470. The fourth-order valence-corrected chi connectivity index (χ4v) is 6.87. The van der Waals surface area contributed by atoms with Gasteiger partial charge in [0.15, 0.2) is 4.34 Å². The van der Waals surface area contributed by atoms with Crippen molar-refractivity contribution in [3.05, 3.63) is 92.6 Å². The summed E-state index contributed by atoms with van der Waals surface area (Å²) in [6, 6.07) is 17.1. The number of nitrogens with zero attached hydrogens (tertiary/aromatic N) is 3. The van der Waals surface area contributed by atoms with Gasteiger partial charge in [-0.3, -0.25) is 14.5 Å². The van der Waals surface area contributed by atoms with Gasteiger partial charge in [-0.2, -0.15) is 0 Å². The number of ketones is 1. The molecule has 1 atom stereocenters. The fraction of sp³-hybridized carbons (Fsp3) is 0.154. The number of carbonyl (C=O) groups is 2. The minimum atomic E-state index is -0.819. The van der Waals surface area contributed by atoms with Crippen molar-refractivity contribution in [2.24, 2.45) is 0 Å². The summed E-state index contributed by atoms with van der Waals surface area (Å²) in [5.41, 5.74) is 1.38. The van der Waals surface area contributed by atoms with Crippen molar-refractivity contribution < 1.29 is 19.4 Å². The molecule has 1 N–H and O–H groups in total. The molecule has 1 unspecified atom stereocenters. The molecule has 3 heterocycles. The highest BCUT2D eigenvalue weighted by Crippen LogP contribution is 2.45. The smallest absolute Gasteiger partial charge is 0.301 e. The Morgan fingerprint density at radius 3 is 2.59 bits per heavy atom. The van der Waals surface area contributed by atoms with E-state index in [0.717, 1.165) is 10.4 Å². The third-order valence-electron chi connectivity index (χ3n) is 5.61. The van der Waals surface area contributed by atoms with E-state index in [1.54, 1.807) is 24.3 Å². The molecule has 0 saturated carbocycles. The zero-order chi connectivity index (χ0) is 25.9. The lowest BCUT2D eigenvalue weighted by Gasteiger charge is -2.20. The van der Waals surface area contributed by atoms with Crippen molar-refractivity contribution >= 4 is 68.6 Å². The molecule has 188 valence electrons. The van der Waals surface area contributed by atoms with Crippen LogP contribution in [0.1, 0.15) is 29.0 Å². The molecular weight excluding hydrogens is 550 g/mol. The minimum Gasteiger partial charge on any atom is -0.507 e. The molecular formula is C26H20ClN3O4S3. The van der Waals surface area contributed by atoms with Gasteiger partial charge in [0, 0.05) is 21.2 Å². The van der Waals surface area contributed by atoms with Gasteiger partial charge >= 0.3 is 5.91 Å². The molecule has 1 saturated heterocycles. The molecule has 37 heavy (non-hydrogen) atoms. The monoisotopic (exact) mass is 569 g/mol. The Labute approximate surface area is 230 Å². The van der Waals surface area contributed by atoms with Gasteiger partial charge < -0.3 is 9.84 Å². The number of amides is 1. The number of carbonyl (C=O) groups excluding carboxylic acids is 2. The number of hydrogen-bond acceptors (Lipinski definition) is 9. The van der Waals surface area contributed by atoms with Crippen molar-refractivity contribution in [1.82, 2.24) is 10.2 Å². The fourth-order valence-electron chi connectivity index (χ4n) is 3.89. The van der Waals surface area contributed by atoms with Crippen LogP contribution in [-0.2, 0) is 15.3 Å². The number of benzene rings is 2. The lowest BCUT2D eigenvalue weighted by atomic mass is 10.00. The van der Waals surface area contributed by atoms with E-state index in [1.807, 2.05) is 48.7 Å². The van der Waals surface area contributed by atoms with Gasteiger partial charge in [0.1, 0.15) is 17.6 Å². The van der Waals surface area contributed by atoms with E-state index in [-0.39, 0.29) is 16.5 Å². The molecule has 7 nitrogen and oxygen atoms in total. The van der Waals surface area contributed by atoms with Gasteiger partial charge in [0.05, 0.1) is 12.2 Å². The first kappa shape index (κ1) is 25.5. The van der Waals surface area contributed by atoms with Crippen LogP contribution in [0.3, 0.4) is 0 Å². The van der Waals surface area contributed by atoms with Crippen LogP contribution in [-0.4, -0.2) is 33.6 Å². The van der Waals surface area contributed by atoms with Gasteiger partial charge in [0.2, 0.25) is 5.13 Å². The molecule has 1 aliphatic rings. The van der Waals surface area contributed by atoms with Gasteiger partial charge in [0.25, 0.3) is 5.78 Å². The van der Waals surface area contributed by atoms with E-state index in [9.17, 15) is 14.7 Å². The molecule has 4 aromatic rings. The van der Waals surface area contributed by atoms with Crippen LogP contribution in [0.5, 0.6) is 5.75 Å². The third kappa shape index (κ3) is 5.15. The highest BCUT2D eigenvalue weighted by molar-refractivity contribution is 8.00. The van der Waals surface area contributed by atoms with Crippen molar-refractivity contribution in [3.63, 3.8) is 0 Å². The lowest BCUT2D eigenvalue weighted by molar-refractivity contribution is -0.132. The average Bonchev–Trinajstić information content (AvgIpc) is 3.65. The van der Waals surface area contributed by atoms with Gasteiger partial charge in [-0.25, -0.2) is 0 Å². The first-order chi connectivity index (χ1) is 18.0. The van der Waals surface area contributed by atoms with E-state index in [1.165, 1.54) is 39.3 Å². The number of aromatic nitrogens is 2. The number of anilines is 1. The number of halogens is 1. The average molecular weight is 570 g/mol. The molecule has 0 bridgehead atoms.